The lowest BCUT2D eigenvalue weighted by atomic mass is 10.1. The Hall–Kier alpha value is -3.89. The number of rotatable bonds is 8. The van der Waals surface area contributed by atoms with Crippen molar-refractivity contribution in [3.8, 4) is 17.1 Å². The van der Waals surface area contributed by atoms with Crippen molar-refractivity contribution in [3.63, 3.8) is 0 Å². The minimum absolute atomic E-state index is 0.0273. The molecule has 3 aromatic carbocycles. The lowest BCUT2D eigenvalue weighted by molar-refractivity contribution is -0.138. The van der Waals surface area contributed by atoms with Crippen LogP contribution in [0, 0.1) is 6.92 Å². The van der Waals surface area contributed by atoms with E-state index in [0.717, 1.165) is 11.3 Å². The van der Waals surface area contributed by atoms with Crippen LogP contribution in [0.1, 0.15) is 11.1 Å². The minimum atomic E-state index is -4.06. The van der Waals surface area contributed by atoms with Gasteiger partial charge in [0.05, 0.1) is 10.6 Å². The number of nitrogens with zero attached hydrogens (tertiary/aromatic N) is 4. The largest absolute Gasteiger partial charge is 0.480 e. The molecule has 4 aromatic rings. The molecule has 0 saturated carbocycles. The van der Waals surface area contributed by atoms with E-state index in [9.17, 15) is 18.3 Å². The fourth-order valence-corrected chi connectivity index (χ4v) is 4.37. The Balaban J connectivity index is 1.51. The maximum Gasteiger partial charge on any atom is 0.322 e. The third-order valence-corrected chi connectivity index (χ3v) is 6.47. The van der Waals surface area contributed by atoms with Crippen LogP contribution in [0.3, 0.4) is 0 Å². The van der Waals surface area contributed by atoms with Crippen molar-refractivity contribution in [3.05, 3.63) is 90.0 Å². The van der Waals surface area contributed by atoms with Gasteiger partial charge in [-0.3, -0.25) is 4.79 Å². The molecule has 1 atom stereocenters. The van der Waals surface area contributed by atoms with Crippen LogP contribution < -0.4 is 4.72 Å². The molecule has 0 saturated heterocycles. The van der Waals surface area contributed by atoms with Gasteiger partial charge in [-0.25, -0.2) is 8.42 Å². The quantitative estimate of drug-likeness (QED) is 0.411. The minimum Gasteiger partial charge on any atom is -0.480 e. The highest BCUT2D eigenvalue weighted by Crippen LogP contribution is 2.19. The SMILES string of the molecule is Cc1ccc(-n2nnc(-c3ccc(S(=O)(=O)NC(Cc4ccccc4)C(=O)O)cc3)n2)cc1. The number of carboxylic acids is 1. The van der Waals surface area contributed by atoms with Crippen molar-refractivity contribution in [2.75, 3.05) is 0 Å². The Bertz CT molecular complexity index is 1350. The third-order valence-electron chi connectivity index (χ3n) is 4.98. The first kappa shape index (κ1) is 22.3. The molecule has 1 unspecified atom stereocenters. The van der Waals surface area contributed by atoms with E-state index >= 15 is 0 Å². The summed E-state index contributed by atoms with van der Waals surface area (Å²) in [7, 11) is -4.06. The Morgan fingerprint density at radius 3 is 2.30 bits per heavy atom. The van der Waals surface area contributed by atoms with Crippen molar-refractivity contribution in [1.29, 1.82) is 0 Å². The predicted octanol–water partition coefficient (Wildman–Crippen LogP) is 2.61. The van der Waals surface area contributed by atoms with E-state index in [1.54, 1.807) is 42.5 Å². The molecule has 10 heteroatoms. The van der Waals surface area contributed by atoms with E-state index in [4.69, 9.17) is 0 Å². The summed E-state index contributed by atoms with van der Waals surface area (Å²) in [4.78, 5) is 13.0. The molecule has 2 N–H and O–H groups in total. The Kier molecular flexibility index (Phi) is 6.29. The van der Waals surface area contributed by atoms with Crippen LogP contribution in [0.4, 0.5) is 0 Å². The number of sulfonamides is 1. The summed E-state index contributed by atoms with van der Waals surface area (Å²) in [6.45, 7) is 1.98. The summed E-state index contributed by atoms with van der Waals surface area (Å²) in [5.41, 5.74) is 3.15. The van der Waals surface area contributed by atoms with Crippen molar-refractivity contribution < 1.29 is 18.3 Å². The molecule has 0 bridgehead atoms. The second kappa shape index (κ2) is 9.31. The molecule has 0 aliphatic carbocycles. The number of aromatic nitrogens is 4. The molecule has 0 spiro atoms. The monoisotopic (exact) mass is 463 g/mol. The molecule has 0 amide bonds. The molecule has 1 heterocycles. The zero-order chi connectivity index (χ0) is 23.4. The van der Waals surface area contributed by atoms with Crippen LogP contribution in [0.25, 0.3) is 17.1 Å². The second-order valence-electron chi connectivity index (χ2n) is 7.46. The smallest absolute Gasteiger partial charge is 0.322 e. The first-order valence-electron chi connectivity index (χ1n) is 10.1. The zero-order valence-electron chi connectivity index (χ0n) is 17.7. The highest BCUT2D eigenvalue weighted by Gasteiger charge is 2.25. The fourth-order valence-electron chi connectivity index (χ4n) is 3.19. The topological polar surface area (TPSA) is 127 Å². The van der Waals surface area contributed by atoms with E-state index in [0.29, 0.717) is 17.0 Å². The molecule has 0 aliphatic heterocycles. The van der Waals surface area contributed by atoms with Crippen LogP contribution >= 0.6 is 0 Å². The number of nitrogens with one attached hydrogen (secondary N) is 1. The van der Waals surface area contributed by atoms with Crippen molar-refractivity contribution >= 4 is 16.0 Å². The van der Waals surface area contributed by atoms with Crippen molar-refractivity contribution in [2.24, 2.45) is 0 Å². The Labute approximate surface area is 190 Å². The van der Waals surface area contributed by atoms with Gasteiger partial charge >= 0.3 is 5.97 Å². The first-order valence-corrected chi connectivity index (χ1v) is 11.6. The average molecular weight is 464 g/mol. The van der Waals surface area contributed by atoms with E-state index in [2.05, 4.69) is 20.1 Å². The van der Waals surface area contributed by atoms with E-state index in [1.807, 2.05) is 31.2 Å². The van der Waals surface area contributed by atoms with Gasteiger partial charge in [0, 0.05) is 5.56 Å². The zero-order valence-corrected chi connectivity index (χ0v) is 18.5. The average Bonchev–Trinajstić information content (AvgIpc) is 3.30. The van der Waals surface area contributed by atoms with E-state index in [-0.39, 0.29) is 11.3 Å². The number of hydrogen-bond acceptors (Lipinski definition) is 6. The summed E-state index contributed by atoms with van der Waals surface area (Å²) < 4.78 is 27.8. The van der Waals surface area contributed by atoms with Gasteiger partial charge in [0.2, 0.25) is 15.8 Å². The Morgan fingerprint density at radius 2 is 1.67 bits per heavy atom. The van der Waals surface area contributed by atoms with Gasteiger partial charge in [0.1, 0.15) is 6.04 Å². The van der Waals surface area contributed by atoms with E-state index < -0.39 is 22.0 Å². The van der Waals surface area contributed by atoms with Gasteiger partial charge < -0.3 is 5.11 Å². The molecule has 1 aromatic heterocycles. The molecule has 168 valence electrons. The standard InChI is InChI=1S/C23H21N5O4S/c1-16-7-11-19(12-8-16)28-25-22(24-27-28)18-9-13-20(14-10-18)33(31,32)26-21(23(29)30)15-17-5-3-2-4-6-17/h2-14,21,26H,15H2,1H3,(H,29,30). The molecule has 9 nitrogen and oxygen atoms in total. The molecule has 4 rings (SSSR count). The molecule has 0 fully saturated rings. The number of hydrogen-bond donors (Lipinski definition) is 2. The number of aliphatic carboxylic acids is 1. The number of tetrazole rings is 1. The van der Waals surface area contributed by atoms with Crippen molar-refractivity contribution in [1.82, 2.24) is 24.9 Å². The van der Waals surface area contributed by atoms with Crippen LogP contribution in [-0.2, 0) is 21.2 Å². The Morgan fingerprint density at radius 1 is 1.00 bits per heavy atom. The van der Waals surface area contributed by atoms with Gasteiger partial charge in [-0.1, -0.05) is 48.0 Å². The van der Waals surface area contributed by atoms with Crippen LogP contribution in [0.2, 0.25) is 0 Å². The summed E-state index contributed by atoms with van der Waals surface area (Å²) in [6, 6.07) is 21.0. The molecule has 0 aliphatic rings. The number of benzene rings is 3. The van der Waals surface area contributed by atoms with Crippen LogP contribution in [0.5, 0.6) is 0 Å². The fraction of sp³-hybridized carbons (Fsp3) is 0.130. The van der Waals surface area contributed by atoms with Gasteiger partial charge in [-0.15, -0.1) is 15.0 Å². The van der Waals surface area contributed by atoms with Gasteiger partial charge in [-0.2, -0.15) is 4.72 Å². The highest BCUT2D eigenvalue weighted by molar-refractivity contribution is 7.89. The summed E-state index contributed by atoms with van der Waals surface area (Å²) in [6.07, 6.45) is 0.0273. The highest BCUT2D eigenvalue weighted by atomic mass is 32.2. The van der Waals surface area contributed by atoms with Crippen LogP contribution in [-0.4, -0.2) is 45.7 Å². The lowest BCUT2D eigenvalue weighted by Gasteiger charge is -2.15. The number of carboxylic acid groups (broad SMARTS) is 1. The lowest BCUT2D eigenvalue weighted by Crippen LogP contribution is -2.42. The van der Waals surface area contributed by atoms with Gasteiger partial charge in [0.15, 0.2) is 0 Å². The van der Waals surface area contributed by atoms with Crippen LogP contribution in [0.15, 0.2) is 83.8 Å². The normalized spacial score (nSPS) is 12.4. The van der Waals surface area contributed by atoms with Gasteiger partial charge in [-0.05, 0) is 60.5 Å². The van der Waals surface area contributed by atoms with Crippen molar-refractivity contribution in [2.45, 2.75) is 24.3 Å². The molecule has 33 heavy (non-hydrogen) atoms. The predicted molar refractivity (Wildman–Crippen MR) is 121 cm³/mol. The molecular weight excluding hydrogens is 442 g/mol. The third kappa shape index (κ3) is 5.30. The van der Waals surface area contributed by atoms with Gasteiger partial charge in [0.25, 0.3) is 0 Å². The summed E-state index contributed by atoms with van der Waals surface area (Å²) in [5.74, 6) is -0.920. The number of carbonyl (C=O) groups is 1. The maximum atomic E-state index is 12.8. The molecule has 0 radical (unpaired) electrons. The first-order chi connectivity index (χ1) is 15.8. The second-order valence-corrected chi connectivity index (χ2v) is 9.18. The van der Waals surface area contributed by atoms with E-state index in [1.165, 1.54) is 16.9 Å². The maximum absolute atomic E-state index is 12.8. The number of aryl methyl sites for hydroxylation is 1. The molecular formula is C23H21N5O4S. The summed E-state index contributed by atoms with van der Waals surface area (Å²) >= 11 is 0. The summed E-state index contributed by atoms with van der Waals surface area (Å²) in [5, 5.41) is 21.9.